The van der Waals surface area contributed by atoms with Crippen LogP contribution in [0.3, 0.4) is 0 Å². The smallest absolute Gasteiger partial charge is 0.381 e. The van der Waals surface area contributed by atoms with Crippen LogP contribution >= 0.6 is 0 Å². The van der Waals surface area contributed by atoms with Crippen molar-refractivity contribution in [2.75, 3.05) is 0 Å². The number of ether oxygens (including phenoxy) is 2. The summed E-state index contributed by atoms with van der Waals surface area (Å²) in [7, 11) is 0. The second-order valence-electron chi connectivity index (χ2n) is 11.3. The van der Waals surface area contributed by atoms with E-state index >= 15 is 0 Å². The van der Waals surface area contributed by atoms with Gasteiger partial charge in [0.1, 0.15) is 11.5 Å². The molecule has 1 aliphatic heterocycles. The Labute approximate surface area is 249 Å². The number of carbonyl (C=O) groups is 1. The van der Waals surface area contributed by atoms with Crippen molar-refractivity contribution in [2.45, 2.75) is 57.7 Å². The molecule has 4 heteroatoms. The van der Waals surface area contributed by atoms with Crippen LogP contribution in [0.1, 0.15) is 47.9 Å². The highest BCUT2D eigenvalue weighted by molar-refractivity contribution is 5.75. The SMILES string of the molecule is O=C1OC(CCC(Cc2ccccc2)Cc2ccccc2)=C(CCC(Cc2ccccc2)Cc2ccccc2)OC1O. The average Bonchev–Trinajstić information content (AvgIpc) is 3.02. The van der Waals surface area contributed by atoms with E-state index in [1.807, 2.05) is 24.3 Å². The first-order valence-corrected chi connectivity index (χ1v) is 15.1. The van der Waals surface area contributed by atoms with Crippen molar-refractivity contribution < 1.29 is 19.4 Å². The van der Waals surface area contributed by atoms with Gasteiger partial charge in [-0.2, -0.15) is 0 Å². The summed E-state index contributed by atoms with van der Waals surface area (Å²) in [5.41, 5.74) is 5.19. The number of esters is 1. The molecule has 4 nitrogen and oxygen atoms in total. The summed E-state index contributed by atoms with van der Waals surface area (Å²) in [5.74, 6) is 1.16. The third kappa shape index (κ3) is 8.92. The molecule has 0 saturated heterocycles. The number of hydrogen-bond acceptors (Lipinski definition) is 4. The summed E-state index contributed by atoms with van der Waals surface area (Å²) < 4.78 is 11.5. The molecular formula is C38H40O4. The van der Waals surface area contributed by atoms with Gasteiger partial charge in [-0.1, -0.05) is 121 Å². The van der Waals surface area contributed by atoms with Gasteiger partial charge in [0.25, 0.3) is 6.29 Å². The Hall–Kier alpha value is -4.15. The molecule has 4 aromatic carbocycles. The first kappa shape index (κ1) is 29.3. The monoisotopic (exact) mass is 560 g/mol. The summed E-state index contributed by atoms with van der Waals surface area (Å²) in [6.45, 7) is 0. The minimum atomic E-state index is -1.57. The van der Waals surface area contributed by atoms with Crippen LogP contribution in [0.15, 0.2) is 133 Å². The lowest BCUT2D eigenvalue weighted by Gasteiger charge is -2.27. The maximum absolute atomic E-state index is 12.4. The number of aliphatic hydroxyl groups excluding tert-OH is 1. The normalized spacial score (nSPS) is 15.1. The number of carbonyl (C=O) groups excluding carboxylic acids is 1. The van der Waals surface area contributed by atoms with Crippen LogP contribution in [-0.2, 0) is 40.0 Å². The van der Waals surface area contributed by atoms with Gasteiger partial charge in [-0.25, -0.2) is 4.79 Å². The van der Waals surface area contributed by atoms with Crippen molar-refractivity contribution in [2.24, 2.45) is 11.8 Å². The highest BCUT2D eigenvalue weighted by atomic mass is 16.7. The third-order valence-electron chi connectivity index (χ3n) is 8.02. The maximum Gasteiger partial charge on any atom is 0.381 e. The Morgan fingerprint density at radius 3 is 1.21 bits per heavy atom. The van der Waals surface area contributed by atoms with Crippen molar-refractivity contribution in [1.82, 2.24) is 0 Å². The van der Waals surface area contributed by atoms with E-state index < -0.39 is 12.3 Å². The Morgan fingerprint density at radius 1 is 0.524 bits per heavy atom. The molecular weight excluding hydrogens is 520 g/mol. The number of rotatable bonds is 14. The first-order valence-electron chi connectivity index (χ1n) is 15.1. The second-order valence-corrected chi connectivity index (χ2v) is 11.3. The molecule has 0 aliphatic carbocycles. The van der Waals surface area contributed by atoms with Crippen LogP contribution in [0.2, 0.25) is 0 Å². The van der Waals surface area contributed by atoms with E-state index in [2.05, 4.69) is 97.1 Å². The molecule has 0 amide bonds. The summed E-state index contributed by atoms with van der Waals surface area (Å²) in [5, 5.41) is 10.2. The molecule has 1 unspecified atom stereocenters. The fraction of sp³-hybridized carbons (Fsp3) is 0.289. The van der Waals surface area contributed by atoms with Crippen molar-refractivity contribution in [3.8, 4) is 0 Å². The summed E-state index contributed by atoms with van der Waals surface area (Å²) in [6.07, 6.45) is 5.06. The Bertz CT molecular complexity index is 1320. The average molecular weight is 561 g/mol. The fourth-order valence-corrected chi connectivity index (χ4v) is 5.88. The van der Waals surface area contributed by atoms with Crippen LogP contribution in [0, 0.1) is 11.8 Å². The number of aliphatic hydroxyl groups is 1. The molecule has 0 bridgehead atoms. The minimum absolute atomic E-state index is 0.359. The molecule has 4 aromatic rings. The molecule has 42 heavy (non-hydrogen) atoms. The van der Waals surface area contributed by atoms with Crippen molar-refractivity contribution in [3.63, 3.8) is 0 Å². The lowest BCUT2D eigenvalue weighted by atomic mass is 9.87. The van der Waals surface area contributed by atoms with Crippen LogP contribution in [-0.4, -0.2) is 17.4 Å². The molecule has 0 saturated carbocycles. The predicted octanol–water partition coefficient (Wildman–Crippen LogP) is 7.85. The lowest BCUT2D eigenvalue weighted by molar-refractivity contribution is -0.181. The zero-order valence-electron chi connectivity index (χ0n) is 24.1. The van der Waals surface area contributed by atoms with Crippen molar-refractivity contribution in [3.05, 3.63) is 155 Å². The van der Waals surface area contributed by atoms with Crippen LogP contribution < -0.4 is 0 Å². The highest BCUT2D eigenvalue weighted by Crippen LogP contribution is 2.31. The Balaban J connectivity index is 1.31. The second kappa shape index (κ2) is 15.2. The van der Waals surface area contributed by atoms with Gasteiger partial charge < -0.3 is 14.6 Å². The lowest BCUT2D eigenvalue weighted by Crippen LogP contribution is -2.31. The third-order valence-corrected chi connectivity index (χ3v) is 8.02. The van der Waals surface area contributed by atoms with Gasteiger partial charge in [0.2, 0.25) is 0 Å². The molecule has 1 N–H and O–H groups in total. The van der Waals surface area contributed by atoms with Gasteiger partial charge >= 0.3 is 5.97 Å². The summed E-state index contributed by atoms with van der Waals surface area (Å²) in [4.78, 5) is 12.4. The van der Waals surface area contributed by atoms with E-state index in [1.54, 1.807) is 0 Å². The molecule has 0 fully saturated rings. The standard InChI is InChI=1S/C38H40O4/c39-37-38(40)42-36(24-22-34(27-31-17-9-3-10-18-31)28-32-19-11-4-12-20-32)35(41-37)23-21-33(25-29-13-5-1-6-14-29)26-30-15-7-2-8-16-30/h1-20,33-34,37,39H,21-28H2. The van der Waals surface area contributed by atoms with E-state index in [1.165, 1.54) is 22.3 Å². The van der Waals surface area contributed by atoms with Gasteiger partial charge in [-0.3, -0.25) is 0 Å². The van der Waals surface area contributed by atoms with Gasteiger partial charge in [0.05, 0.1) is 0 Å². The van der Waals surface area contributed by atoms with Gasteiger partial charge in [-0.15, -0.1) is 0 Å². The molecule has 1 aliphatic rings. The van der Waals surface area contributed by atoms with E-state index in [4.69, 9.17) is 9.47 Å². The topological polar surface area (TPSA) is 55.8 Å². The van der Waals surface area contributed by atoms with Gasteiger partial charge in [-0.05, 0) is 72.6 Å². The van der Waals surface area contributed by atoms with E-state index in [0.29, 0.717) is 36.2 Å². The molecule has 5 rings (SSSR count). The van der Waals surface area contributed by atoms with Crippen LogP contribution in [0.4, 0.5) is 0 Å². The Morgan fingerprint density at radius 2 is 0.857 bits per heavy atom. The number of allylic oxidation sites excluding steroid dienone is 2. The quantitative estimate of drug-likeness (QED) is 0.160. The zero-order chi connectivity index (χ0) is 29.0. The zero-order valence-corrected chi connectivity index (χ0v) is 24.1. The molecule has 216 valence electrons. The van der Waals surface area contributed by atoms with Crippen LogP contribution in [0.25, 0.3) is 0 Å². The fourth-order valence-electron chi connectivity index (χ4n) is 5.88. The maximum atomic E-state index is 12.4. The first-order chi connectivity index (χ1) is 20.6. The van der Waals surface area contributed by atoms with Gasteiger partial charge in [0.15, 0.2) is 0 Å². The summed E-state index contributed by atoms with van der Waals surface area (Å²) >= 11 is 0. The van der Waals surface area contributed by atoms with Crippen molar-refractivity contribution >= 4 is 5.97 Å². The Kier molecular flexibility index (Phi) is 10.6. The number of hydrogen-bond donors (Lipinski definition) is 1. The van der Waals surface area contributed by atoms with Gasteiger partial charge in [0, 0.05) is 12.8 Å². The number of cyclic esters (lactones) is 1. The minimum Gasteiger partial charge on any atom is -0.455 e. The molecule has 0 radical (unpaired) electrons. The predicted molar refractivity (Wildman–Crippen MR) is 166 cm³/mol. The largest absolute Gasteiger partial charge is 0.455 e. The highest BCUT2D eigenvalue weighted by Gasteiger charge is 2.31. The molecule has 1 heterocycles. The van der Waals surface area contributed by atoms with E-state index in [9.17, 15) is 9.90 Å². The molecule has 1 atom stereocenters. The van der Waals surface area contributed by atoms with E-state index in [0.717, 1.165) is 38.5 Å². The van der Waals surface area contributed by atoms with Crippen LogP contribution in [0.5, 0.6) is 0 Å². The van der Waals surface area contributed by atoms with E-state index in [-0.39, 0.29) is 0 Å². The number of benzene rings is 4. The molecule has 0 aromatic heterocycles. The molecule has 0 spiro atoms. The summed E-state index contributed by atoms with van der Waals surface area (Å²) in [6, 6.07) is 42.2. The van der Waals surface area contributed by atoms with Crippen molar-refractivity contribution in [1.29, 1.82) is 0 Å².